The Morgan fingerprint density at radius 3 is 2.81 bits per heavy atom. The Bertz CT molecular complexity index is 663. The van der Waals surface area contributed by atoms with Crippen molar-refractivity contribution in [2.24, 2.45) is 0 Å². The highest BCUT2D eigenvalue weighted by atomic mass is 32.2. The molecular formula is C11H8N2O7S. The van der Waals surface area contributed by atoms with E-state index in [4.69, 9.17) is 4.42 Å². The molecule has 0 spiro atoms. The molecule has 110 valence electrons. The fourth-order valence-electron chi connectivity index (χ4n) is 1.48. The molecular weight excluding hydrogens is 304 g/mol. The molecule has 0 saturated carbocycles. The van der Waals surface area contributed by atoms with E-state index in [1.807, 2.05) is 0 Å². The number of nitrogens with zero attached hydrogens (tertiary/aromatic N) is 2. The monoisotopic (exact) mass is 312 g/mol. The minimum Gasteiger partial charge on any atom is -0.468 e. The van der Waals surface area contributed by atoms with Crippen molar-refractivity contribution in [3.63, 3.8) is 0 Å². The summed E-state index contributed by atoms with van der Waals surface area (Å²) in [5.74, 6) is -1.83. The average Bonchev–Trinajstić information content (AvgIpc) is 3.00. The molecule has 0 unspecified atom stereocenters. The van der Waals surface area contributed by atoms with Crippen LogP contribution >= 0.6 is 11.8 Å². The van der Waals surface area contributed by atoms with Crippen molar-refractivity contribution in [3.8, 4) is 0 Å². The van der Waals surface area contributed by atoms with E-state index in [0.717, 1.165) is 18.1 Å². The second-order valence-electron chi connectivity index (χ2n) is 3.78. The third-order valence-electron chi connectivity index (χ3n) is 2.45. The van der Waals surface area contributed by atoms with Crippen molar-refractivity contribution < 1.29 is 28.5 Å². The minimum absolute atomic E-state index is 0.00755. The standard InChI is InChI=1S/C11H8N2O7S/c1-19-9(14)5-12-10(15)7(21-11(12)16)4-6-2-3-8(20-6)13(17)18/h2-4H,5H2,1H3. The maximum absolute atomic E-state index is 11.9. The van der Waals surface area contributed by atoms with Crippen LogP contribution in [0.25, 0.3) is 6.08 Å². The summed E-state index contributed by atoms with van der Waals surface area (Å²) in [5.41, 5.74) is 0. The van der Waals surface area contributed by atoms with Crippen LogP contribution in [-0.4, -0.2) is 40.6 Å². The number of imide groups is 1. The van der Waals surface area contributed by atoms with Crippen LogP contribution in [0.5, 0.6) is 0 Å². The van der Waals surface area contributed by atoms with Crippen LogP contribution in [0.3, 0.4) is 0 Å². The summed E-state index contributed by atoms with van der Waals surface area (Å²) in [6.07, 6.45) is 1.20. The van der Waals surface area contributed by atoms with Crippen LogP contribution in [0.1, 0.15) is 5.76 Å². The highest BCUT2D eigenvalue weighted by molar-refractivity contribution is 8.18. The van der Waals surface area contributed by atoms with Crippen molar-refractivity contribution in [1.29, 1.82) is 0 Å². The summed E-state index contributed by atoms with van der Waals surface area (Å²) in [6.45, 7) is -0.489. The van der Waals surface area contributed by atoms with Gasteiger partial charge in [0.25, 0.3) is 11.1 Å². The van der Waals surface area contributed by atoms with Gasteiger partial charge in [0.15, 0.2) is 0 Å². The quantitative estimate of drug-likeness (QED) is 0.354. The molecule has 1 aliphatic rings. The number of ether oxygens (including phenoxy) is 1. The molecule has 2 amide bonds. The summed E-state index contributed by atoms with van der Waals surface area (Å²) in [6, 6.07) is 2.43. The highest BCUT2D eigenvalue weighted by Crippen LogP contribution is 2.32. The van der Waals surface area contributed by atoms with E-state index < -0.39 is 34.5 Å². The number of methoxy groups -OCH3 is 1. The van der Waals surface area contributed by atoms with Crippen LogP contribution in [0, 0.1) is 10.1 Å². The second kappa shape index (κ2) is 5.79. The van der Waals surface area contributed by atoms with Crippen molar-refractivity contribution >= 4 is 40.8 Å². The first kappa shape index (κ1) is 14.8. The van der Waals surface area contributed by atoms with E-state index in [0.29, 0.717) is 11.8 Å². The number of rotatable bonds is 4. The van der Waals surface area contributed by atoms with E-state index >= 15 is 0 Å². The number of thioether (sulfide) groups is 1. The molecule has 2 rings (SSSR count). The van der Waals surface area contributed by atoms with Crippen molar-refractivity contribution in [2.75, 3.05) is 13.7 Å². The van der Waals surface area contributed by atoms with E-state index in [2.05, 4.69) is 4.74 Å². The number of nitro groups is 1. The van der Waals surface area contributed by atoms with Gasteiger partial charge in [-0.2, -0.15) is 0 Å². The lowest BCUT2D eigenvalue weighted by molar-refractivity contribution is -0.402. The summed E-state index contributed by atoms with van der Waals surface area (Å²) < 4.78 is 9.25. The summed E-state index contributed by atoms with van der Waals surface area (Å²) >= 11 is 0.608. The predicted molar refractivity (Wildman–Crippen MR) is 70.1 cm³/mol. The van der Waals surface area contributed by atoms with Gasteiger partial charge in [-0.05, 0) is 17.8 Å². The predicted octanol–water partition coefficient (Wildman–Crippen LogP) is 1.40. The Kier molecular flexibility index (Phi) is 4.08. The number of furan rings is 1. The topological polar surface area (TPSA) is 120 Å². The molecule has 1 saturated heterocycles. The van der Waals surface area contributed by atoms with Gasteiger partial charge in [0.1, 0.15) is 17.2 Å². The van der Waals surface area contributed by atoms with Crippen molar-refractivity contribution in [1.82, 2.24) is 4.90 Å². The van der Waals surface area contributed by atoms with Gasteiger partial charge in [-0.3, -0.25) is 29.4 Å². The molecule has 1 fully saturated rings. The molecule has 9 nitrogen and oxygen atoms in total. The molecule has 0 bridgehead atoms. The van der Waals surface area contributed by atoms with Crippen molar-refractivity contribution in [2.45, 2.75) is 0 Å². The molecule has 21 heavy (non-hydrogen) atoms. The summed E-state index contributed by atoms with van der Waals surface area (Å²) in [4.78, 5) is 45.2. The minimum atomic E-state index is -0.729. The average molecular weight is 312 g/mol. The van der Waals surface area contributed by atoms with Gasteiger partial charge in [0.05, 0.1) is 18.1 Å². The summed E-state index contributed by atoms with van der Waals surface area (Å²) in [5, 5.41) is 9.85. The van der Waals surface area contributed by atoms with Gasteiger partial charge >= 0.3 is 11.9 Å². The largest absolute Gasteiger partial charge is 0.468 e. The zero-order chi connectivity index (χ0) is 15.6. The maximum atomic E-state index is 11.9. The number of amides is 2. The number of esters is 1. The third kappa shape index (κ3) is 3.11. The number of carbonyl (C=O) groups is 3. The van der Waals surface area contributed by atoms with Gasteiger partial charge in [0.2, 0.25) is 0 Å². The zero-order valence-electron chi connectivity index (χ0n) is 10.6. The fraction of sp³-hybridized carbons (Fsp3) is 0.182. The van der Waals surface area contributed by atoms with Gasteiger partial charge < -0.3 is 9.15 Å². The molecule has 0 N–H and O–H groups in total. The van der Waals surface area contributed by atoms with E-state index in [-0.39, 0.29) is 10.7 Å². The Morgan fingerprint density at radius 1 is 1.52 bits per heavy atom. The fourth-order valence-corrected chi connectivity index (χ4v) is 2.30. The molecule has 1 aliphatic heterocycles. The second-order valence-corrected chi connectivity index (χ2v) is 4.77. The number of carbonyl (C=O) groups excluding carboxylic acids is 3. The van der Waals surface area contributed by atoms with Crippen LogP contribution in [0.4, 0.5) is 10.7 Å². The smallest absolute Gasteiger partial charge is 0.433 e. The lowest BCUT2D eigenvalue weighted by Crippen LogP contribution is -2.34. The lowest BCUT2D eigenvalue weighted by atomic mass is 10.3. The maximum Gasteiger partial charge on any atom is 0.433 e. The van der Waals surface area contributed by atoms with Gasteiger partial charge in [-0.1, -0.05) is 0 Å². The first-order valence-corrected chi connectivity index (χ1v) is 6.30. The normalized spacial score (nSPS) is 16.6. The molecule has 0 aromatic carbocycles. The lowest BCUT2D eigenvalue weighted by Gasteiger charge is -2.09. The zero-order valence-corrected chi connectivity index (χ0v) is 11.4. The Hall–Kier alpha value is -2.62. The molecule has 0 radical (unpaired) electrons. The van der Waals surface area contributed by atoms with Crippen LogP contribution < -0.4 is 0 Å². The Balaban J connectivity index is 2.19. The van der Waals surface area contributed by atoms with E-state index in [1.54, 1.807) is 0 Å². The van der Waals surface area contributed by atoms with Gasteiger partial charge in [0, 0.05) is 6.08 Å². The molecule has 2 heterocycles. The molecule has 10 heteroatoms. The first-order chi connectivity index (χ1) is 9.92. The molecule has 0 atom stereocenters. The first-order valence-electron chi connectivity index (χ1n) is 5.49. The summed E-state index contributed by atoms with van der Waals surface area (Å²) in [7, 11) is 1.14. The third-order valence-corrected chi connectivity index (χ3v) is 3.36. The highest BCUT2D eigenvalue weighted by Gasteiger charge is 2.36. The molecule has 1 aromatic rings. The number of hydrogen-bond donors (Lipinski definition) is 0. The molecule has 0 aliphatic carbocycles. The number of hydrogen-bond acceptors (Lipinski definition) is 8. The van der Waals surface area contributed by atoms with Crippen LogP contribution in [0.2, 0.25) is 0 Å². The van der Waals surface area contributed by atoms with Gasteiger partial charge in [-0.15, -0.1) is 0 Å². The van der Waals surface area contributed by atoms with Crippen LogP contribution in [-0.2, 0) is 14.3 Å². The van der Waals surface area contributed by atoms with Crippen molar-refractivity contribution in [3.05, 3.63) is 32.9 Å². The van der Waals surface area contributed by atoms with E-state index in [1.165, 1.54) is 12.1 Å². The Morgan fingerprint density at radius 2 is 2.24 bits per heavy atom. The van der Waals surface area contributed by atoms with Gasteiger partial charge in [-0.25, -0.2) is 0 Å². The SMILES string of the molecule is COC(=O)CN1C(=O)SC(=Cc2ccc([N+](=O)[O-])o2)C1=O. The Labute approximate surface area is 121 Å². The van der Waals surface area contributed by atoms with Crippen LogP contribution in [0.15, 0.2) is 21.5 Å². The van der Waals surface area contributed by atoms with E-state index in [9.17, 15) is 24.5 Å². The molecule has 1 aromatic heterocycles.